The predicted molar refractivity (Wildman–Crippen MR) is 301 cm³/mol. The third-order valence-electron chi connectivity index (χ3n) is 13.8. The maximum Gasteiger partial charge on any atom is 0.305 e. The van der Waals surface area contributed by atoms with Crippen molar-refractivity contribution in [1.29, 1.82) is 0 Å². The van der Waals surface area contributed by atoms with E-state index in [1.807, 2.05) is 6.08 Å². The van der Waals surface area contributed by atoms with Crippen LogP contribution in [0.4, 0.5) is 0 Å². The molecule has 3 N–H and O–H groups in total. The van der Waals surface area contributed by atoms with Gasteiger partial charge in [-0.2, -0.15) is 0 Å². The SMILES string of the molecule is CCCCCCCC/C=C\CCCCCCCC(=O)OCCCCC/C=C\C=C/CCCCCCCCCCCCC(=O)NC(CO)C(O)/C=C/CCCCCCCCCCCCCCCCCC. The Balaban J connectivity index is 3.51. The fourth-order valence-electron chi connectivity index (χ4n) is 9.15. The lowest BCUT2D eigenvalue weighted by Crippen LogP contribution is -2.45. The number of hydrogen-bond donors (Lipinski definition) is 3. The Kier molecular flexibility index (Phi) is 56.5. The zero-order valence-electron chi connectivity index (χ0n) is 46.0. The Morgan fingerprint density at radius 1 is 0.406 bits per heavy atom. The smallest absolute Gasteiger partial charge is 0.305 e. The maximum absolute atomic E-state index is 12.5. The Hall–Kier alpha value is -2.18. The van der Waals surface area contributed by atoms with Gasteiger partial charge in [-0.05, 0) is 89.9 Å². The van der Waals surface area contributed by atoms with Gasteiger partial charge in [0.2, 0.25) is 5.91 Å². The molecule has 0 aromatic rings. The molecular formula is C63H117NO5. The first kappa shape index (κ1) is 66.8. The van der Waals surface area contributed by atoms with E-state index in [9.17, 15) is 19.8 Å². The van der Waals surface area contributed by atoms with E-state index in [0.717, 1.165) is 77.0 Å². The van der Waals surface area contributed by atoms with Gasteiger partial charge >= 0.3 is 5.97 Å². The third-order valence-corrected chi connectivity index (χ3v) is 13.8. The van der Waals surface area contributed by atoms with E-state index < -0.39 is 12.1 Å². The summed E-state index contributed by atoms with van der Waals surface area (Å²) in [6.07, 6.45) is 74.3. The molecule has 0 fully saturated rings. The summed E-state index contributed by atoms with van der Waals surface area (Å²) < 4.78 is 5.45. The first-order valence-corrected chi connectivity index (χ1v) is 30.4. The number of nitrogens with one attached hydrogen (secondary N) is 1. The molecule has 404 valence electrons. The van der Waals surface area contributed by atoms with Crippen molar-refractivity contribution in [1.82, 2.24) is 5.32 Å². The largest absolute Gasteiger partial charge is 0.466 e. The van der Waals surface area contributed by atoms with Gasteiger partial charge < -0.3 is 20.3 Å². The van der Waals surface area contributed by atoms with Crippen LogP contribution in [0.1, 0.15) is 316 Å². The Bertz CT molecular complexity index is 1160. The monoisotopic (exact) mass is 968 g/mol. The highest BCUT2D eigenvalue weighted by molar-refractivity contribution is 5.76. The molecule has 0 heterocycles. The molecule has 0 aliphatic rings. The molecule has 69 heavy (non-hydrogen) atoms. The Morgan fingerprint density at radius 2 is 0.725 bits per heavy atom. The summed E-state index contributed by atoms with van der Waals surface area (Å²) >= 11 is 0. The van der Waals surface area contributed by atoms with E-state index in [0.29, 0.717) is 19.4 Å². The summed E-state index contributed by atoms with van der Waals surface area (Å²) in [5, 5.41) is 23.2. The number of ether oxygens (including phenoxy) is 1. The van der Waals surface area contributed by atoms with E-state index in [-0.39, 0.29) is 18.5 Å². The van der Waals surface area contributed by atoms with Gasteiger partial charge in [-0.25, -0.2) is 0 Å². The maximum atomic E-state index is 12.5. The number of allylic oxidation sites excluding steroid dienone is 7. The van der Waals surface area contributed by atoms with Gasteiger partial charge in [-0.3, -0.25) is 9.59 Å². The van der Waals surface area contributed by atoms with Crippen LogP contribution in [0.25, 0.3) is 0 Å². The lowest BCUT2D eigenvalue weighted by molar-refractivity contribution is -0.143. The van der Waals surface area contributed by atoms with Crippen molar-refractivity contribution in [3.63, 3.8) is 0 Å². The molecule has 2 unspecified atom stereocenters. The van der Waals surface area contributed by atoms with Crippen molar-refractivity contribution in [2.75, 3.05) is 13.2 Å². The average Bonchev–Trinajstić information content (AvgIpc) is 3.35. The van der Waals surface area contributed by atoms with Crippen molar-refractivity contribution in [3.8, 4) is 0 Å². The van der Waals surface area contributed by atoms with Crippen LogP contribution in [-0.2, 0) is 14.3 Å². The molecule has 0 aliphatic carbocycles. The average molecular weight is 969 g/mol. The molecule has 0 radical (unpaired) electrons. The number of unbranched alkanes of at least 4 members (excludes halogenated alkanes) is 40. The highest BCUT2D eigenvalue weighted by Crippen LogP contribution is 2.16. The molecule has 0 aliphatic heterocycles. The fraction of sp³-hybridized carbons (Fsp3) is 0.841. The summed E-state index contributed by atoms with van der Waals surface area (Å²) in [6.45, 7) is 4.86. The first-order chi connectivity index (χ1) is 34.0. The zero-order valence-corrected chi connectivity index (χ0v) is 46.0. The normalized spacial score (nSPS) is 12.9. The minimum Gasteiger partial charge on any atom is -0.466 e. The van der Waals surface area contributed by atoms with E-state index in [1.54, 1.807) is 6.08 Å². The number of carbonyl (C=O) groups is 2. The van der Waals surface area contributed by atoms with Crippen molar-refractivity contribution >= 4 is 11.9 Å². The molecule has 0 aromatic carbocycles. The summed E-state index contributed by atoms with van der Waals surface area (Å²) in [5.41, 5.74) is 0. The van der Waals surface area contributed by atoms with Gasteiger partial charge in [0.05, 0.1) is 25.4 Å². The highest BCUT2D eigenvalue weighted by Gasteiger charge is 2.18. The summed E-state index contributed by atoms with van der Waals surface area (Å²) in [4.78, 5) is 24.5. The standard InChI is InChI=1S/C63H117NO5/c1-3-5-7-9-11-13-15-17-19-20-24-28-31-35-39-43-47-51-55-61(66)60(59-65)64-62(67)56-52-48-44-40-36-32-29-25-22-21-23-26-30-34-38-42-46-50-54-58-69-63(68)57-53-49-45-41-37-33-27-18-16-14-12-10-8-6-4-2/h18,26-27,30,34,38,51,55,60-61,65-66H,3-17,19-25,28-29,31-33,35-37,39-50,52-54,56-59H2,1-2H3,(H,64,67)/b27-18-,30-26-,38-34-,55-51+. The predicted octanol–water partition coefficient (Wildman–Crippen LogP) is 19.0. The van der Waals surface area contributed by atoms with Crippen LogP contribution in [-0.4, -0.2) is 47.4 Å². The van der Waals surface area contributed by atoms with E-state index in [1.165, 1.54) is 212 Å². The number of amides is 1. The van der Waals surface area contributed by atoms with Crippen LogP contribution in [0.2, 0.25) is 0 Å². The summed E-state index contributed by atoms with van der Waals surface area (Å²) in [7, 11) is 0. The van der Waals surface area contributed by atoms with Crippen LogP contribution in [0.3, 0.4) is 0 Å². The molecule has 0 saturated carbocycles. The van der Waals surface area contributed by atoms with Crippen LogP contribution in [0.15, 0.2) is 48.6 Å². The molecule has 0 saturated heterocycles. The first-order valence-electron chi connectivity index (χ1n) is 30.4. The molecule has 6 heteroatoms. The topological polar surface area (TPSA) is 95.9 Å². The van der Waals surface area contributed by atoms with Crippen molar-refractivity contribution in [3.05, 3.63) is 48.6 Å². The molecule has 0 bridgehead atoms. The Labute approximate surface area is 429 Å². The van der Waals surface area contributed by atoms with Gasteiger partial charge in [-0.15, -0.1) is 0 Å². The van der Waals surface area contributed by atoms with E-state index in [4.69, 9.17) is 4.74 Å². The Morgan fingerprint density at radius 3 is 1.12 bits per heavy atom. The zero-order chi connectivity index (χ0) is 50.0. The van der Waals surface area contributed by atoms with Gasteiger partial charge in [0.15, 0.2) is 0 Å². The second-order valence-corrected chi connectivity index (χ2v) is 20.7. The quantitative estimate of drug-likeness (QED) is 0.0244. The molecule has 0 spiro atoms. The number of hydrogen-bond acceptors (Lipinski definition) is 5. The third kappa shape index (κ3) is 55.0. The van der Waals surface area contributed by atoms with E-state index in [2.05, 4.69) is 55.6 Å². The summed E-state index contributed by atoms with van der Waals surface area (Å²) in [5.74, 6) is -0.0992. The number of aliphatic hydroxyl groups excluding tert-OH is 2. The lowest BCUT2D eigenvalue weighted by atomic mass is 10.0. The van der Waals surface area contributed by atoms with Crippen LogP contribution >= 0.6 is 0 Å². The number of aliphatic hydroxyl groups is 2. The highest BCUT2D eigenvalue weighted by atomic mass is 16.5. The van der Waals surface area contributed by atoms with Crippen LogP contribution in [0, 0.1) is 0 Å². The molecule has 2 atom stereocenters. The van der Waals surface area contributed by atoms with Crippen molar-refractivity contribution < 1.29 is 24.5 Å². The van der Waals surface area contributed by atoms with Crippen LogP contribution in [0.5, 0.6) is 0 Å². The minimum atomic E-state index is -0.853. The van der Waals surface area contributed by atoms with Crippen molar-refractivity contribution in [2.24, 2.45) is 0 Å². The number of rotatable bonds is 56. The van der Waals surface area contributed by atoms with Gasteiger partial charge in [0.1, 0.15) is 0 Å². The lowest BCUT2D eigenvalue weighted by Gasteiger charge is -2.20. The second kappa shape index (κ2) is 58.4. The number of esters is 1. The van der Waals surface area contributed by atoms with Gasteiger partial charge in [0, 0.05) is 12.8 Å². The minimum absolute atomic E-state index is 0.0223. The molecule has 6 nitrogen and oxygen atoms in total. The number of carbonyl (C=O) groups excluding carboxylic acids is 2. The second-order valence-electron chi connectivity index (χ2n) is 20.7. The summed E-state index contributed by atoms with van der Waals surface area (Å²) in [6, 6.07) is -0.637. The fourth-order valence-corrected chi connectivity index (χ4v) is 9.15. The van der Waals surface area contributed by atoms with E-state index >= 15 is 0 Å². The molecule has 0 aromatic heterocycles. The molecule has 1 amide bonds. The molecular weight excluding hydrogens is 851 g/mol. The van der Waals surface area contributed by atoms with Crippen LogP contribution < -0.4 is 5.32 Å². The van der Waals surface area contributed by atoms with Gasteiger partial charge in [-0.1, -0.05) is 262 Å². The van der Waals surface area contributed by atoms with Crippen molar-refractivity contribution in [2.45, 2.75) is 328 Å². The van der Waals surface area contributed by atoms with Gasteiger partial charge in [0.25, 0.3) is 0 Å². The molecule has 0 rings (SSSR count).